The van der Waals surface area contributed by atoms with Gasteiger partial charge in [-0.2, -0.15) is 5.10 Å². The first-order valence-corrected chi connectivity index (χ1v) is 11.7. The summed E-state index contributed by atoms with van der Waals surface area (Å²) in [6, 6.07) is 17.2. The Labute approximate surface area is 218 Å². The van der Waals surface area contributed by atoms with Crippen molar-refractivity contribution in [3.05, 3.63) is 93.4 Å². The van der Waals surface area contributed by atoms with Crippen LogP contribution in [0.5, 0.6) is 5.75 Å². The number of alkyl halides is 3. The molecule has 5 rings (SSSR count). The fourth-order valence-electron chi connectivity index (χ4n) is 4.59. The molecule has 0 bridgehead atoms. The molecule has 0 unspecified atom stereocenters. The minimum atomic E-state index is -4.81. The van der Waals surface area contributed by atoms with Crippen LogP contribution in [0, 0.1) is 6.92 Å². The summed E-state index contributed by atoms with van der Waals surface area (Å²) in [6.45, 7) is 1.47. The number of nitrogens with zero attached hydrogens (tertiary/aromatic N) is 3. The van der Waals surface area contributed by atoms with Crippen molar-refractivity contribution in [3.63, 3.8) is 0 Å². The Morgan fingerprint density at radius 3 is 2.37 bits per heavy atom. The third-order valence-electron chi connectivity index (χ3n) is 6.17. The minimum Gasteiger partial charge on any atom is -0.480 e. The van der Waals surface area contributed by atoms with E-state index in [4.69, 9.17) is 11.6 Å². The maximum atomic E-state index is 13.3. The summed E-state index contributed by atoms with van der Waals surface area (Å²) in [5, 5.41) is 16.3. The molecule has 11 heteroatoms. The second-order valence-corrected chi connectivity index (χ2v) is 9.09. The molecule has 3 aromatic carbocycles. The molecular weight excluding hydrogens is 523 g/mol. The van der Waals surface area contributed by atoms with Gasteiger partial charge in [-0.15, -0.1) is 13.2 Å². The molecule has 194 valence electrons. The van der Waals surface area contributed by atoms with E-state index in [1.54, 1.807) is 54.0 Å². The largest absolute Gasteiger partial charge is 0.573 e. The fourth-order valence-corrected chi connectivity index (χ4v) is 4.76. The molecule has 7 nitrogen and oxygen atoms in total. The summed E-state index contributed by atoms with van der Waals surface area (Å²) in [5.41, 5.74) is 2.50. The Hall–Kier alpha value is -4.31. The van der Waals surface area contributed by atoms with E-state index in [2.05, 4.69) is 9.84 Å². The highest BCUT2D eigenvalue weighted by Crippen LogP contribution is 2.37. The number of aromatic nitrogens is 3. The highest BCUT2D eigenvalue weighted by atomic mass is 35.5. The zero-order valence-corrected chi connectivity index (χ0v) is 20.5. The molecule has 0 aliphatic rings. The zero-order chi connectivity index (χ0) is 27.2. The Kier molecular flexibility index (Phi) is 6.36. The van der Waals surface area contributed by atoms with Crippen molar-refractivity contribution in [2.24, 2.45) is 0 Å². The van der Waals surface area contributed by atoms with E-state index in [9.17, 15) is 27.9 Å². The average Bonchev–Trinajstić information content (AvgIpc) is 3.11. The monoisotopic (exact) mass is 541 g/mol. The van der Waals surface area contributed by atoms with Crippen molar-refractivity contribution >= 4 is 39.2 Å². The van der Waals surface area contributed by atoms with Gasteiger partial charge >= 0.3 is 12.3 Å². The number of carboxylic acid groups (broad SMARTS) is 1. The van der Waals surface area contributed by atoms with E-state index in [1.165, 1.54) is 28.9 Å². The number of fused-ring (bicyclic) bond motifs is 2. The van der Waals surface area contributed by atoms with Gasteiger partial charge in [-0.1, -0.05) is 41.9 Å². The number of carboxylic acids is 1. The second-order valence-electron chi connectivity index (χ2n) is 8.65. The van der Waals surface area contributed by atoms with Crippen molar-refractivity contribution in [2.45, 2.75) is 26.4 Å². The van der Waals surface area contributed by atoms with Crippen LogP contribution in [0.4, 0.5) is 13.2 Å². The molecule has 0 radical (unpaired) electrons. The molecule has 0 saturated heterocycles. The molecule has 0 saturated carbocycles. The topological polar surface area (TPSA) is 86.4 Å². The van der Waals surface area contributed by atoms with Crippen molar-refractivity contribution in [1.29, 1.82) is 0 Å². The Balaban J connectivity index is 1.69. The van der Waals surface area contributed by atoms with Crippen molar-refractivity contribution in [1.82, 2.24) is 14.3 Å². The zero-order valence-electron chi connectivity index (χ0n) is 19.8. The maximum Gasteiger partial charge on any atom is 0.573 e. The van der Waals surface area contributed by atoms with Crippen LogP contribution in [0.3, 0.4) is 0 Å². The van der Waals surface area contributed by atoms with Crippen molar-refractivity contribution in [2.75, 3.05) is 0 Å². The van der Waals surface area contributed by atoms with Gasteiger partial charge in [-0.05, 0) is 48.9 Å². The quantitative estimate of drug-likeness (QED) is 0.284. The fraction of sp³-hybridized carbons (Fsp3) is 0.148. The molecule has 2 aromatic heterocycles. The molecule has 5 aromatic rings. The van der Waals surface area contributed by atoms with E-state index in [0.29, 0.717) is 49.2 Å². The lowest BCUT2D eigenvalue weighted by molar-refractivity contribution is -0.274. The molecule has 0 amide bonds. The molecule has 0 aliphatic carbocycles. The number of benzene rings is 3. The maximum absolute atomic E-state index is 13.3. The van der Waals surface area contributed by atoms with Crippen molar-refractivity contribution in [3.8, 4) is 17.0 Å². The number of ether oxygens (including phenoxy) is 1. The van der Waals surface area contributed by atoms with Gasteiger partial charge in [0.15, 0.2) is 0 Å². The summed E-state index contributed by atoms with van der Waals surface area (Å²) in [5.74, 6) is -1.40. The smallest absolute Gasteiger partial charge is 0.480 e. The van der Waals surface area contributed by atoms with Crippen LogP contribution in [0.15, 0.2) is 71.5 Å². The van der Waals surface area contributed by atoms with E-state index >= 15 is 0 Å². The molecule has 1 N–H and O–H groups in total. The van der Waals surface area contributed by atoms with Crippen LogP contribution in [0.2, 0.25) is 5.02 Å². The molecule has 0 spiro atoms. The third-order valence-corrected chi connectivity index (χ3v) is 6.41. The van der Waals surface area contributed by atoms with Crippen LogP contribution in [0.1, 0.15) is 11.3 Å². The standard InChI is InChI=1S/C27H19ClF3N3O4/c1-15-24(21-12-17(28)8-11-22(21)33(15)14-23(35)36)25-19-4-2-3-5-20(19)26(37)34(32-25)13-16-6-9-18(10-7-16)38-27(29,30)31/h2-12H,13-14H2,1H3,(H,35,36). The van der Waals surface area contributed by atoms with Gasteiger partial charge < -0.3 is 14.4 Å². The summed E-state index contributed by atoms with van der Waals surface area (Å²) >= 11 is 6.30. The SMILES string of the molecule is Cc1c(-c2nn(Cc3ccc(OC(F)(F)F)cc3)c(=O)c3ccccc23)c2cc(Cl)ccc2n1CC(=O)O. The van der Waals surface area contributed by atoms with Crippen LogP contribution in [0.25, 0.3) is 32.9 Å². The van der Waals surface area contributed by atoms with Crippen LogP contribution < -0.4 is 10.3 Å². The second kappa shape index (κ2) is 9.53. The summed E-state index contributed by atoms with van der Waals surface area (Å²) in [6.07, 6.45) is -4.81. The number of carbonyl (C=O) groups is 1. The Morgan fingerprint density at radius 1 is 1.03 bits per heavy atom. The van der Waals surface area contributed by atoms with Crippen LogP contribution >= 0.6 is 11.6 Å². The summed E-state index contributed by atoms with van der Waals surface area (Å²) in [4.78, 5) is 25.0. The molecule has 0 fully saturated rings. The summed E-state index contributed by atoms with van der Waals surface area (Å²) < 4.78 is 44.4. The van der Waals surface area contributed by atoms with E-state index < -0.39 is 12.3 Å². The Morgan fingerprint density at radius 2 is 1.71 bits per heavy atom. The first-order valence-electron chi connectivity index (χ1n) is 11.4. The van der Waals surface area contributed by atoms with Gasteiger partial charge in [0.1, 0.15) is 18.0 Å². The molecule has 0 aliphatic heterocycles. The Bertz CT molecular complexity index is 1760. The van der Waals surface area contributed by atoms with Crippen LogP contribution in [-0.4, -0.2) is 31.8 Å². The van der Waals surface area contributed by atoms with Gasteiger partial charge in [0.25, 0.3) is 5.56 Å². The highest BCUT2D eigenvalue weighted by molar-refractivity contribution is 6.31. The lowest BCUT2D eigenvalue weighted by atomic mass is 10.0. The van der Waals surface area contributed by atoms with Gasteiger partial charge in [-0.3, -0.25) is 9.59 Å². The van der Waals surface area contributed by atoms with Gasteiger partial charge in [0.05, 0.1) is 11.9 Å². The minimum absolute atomic E-state index is 0.0173. The molecular formula is C27H19ClF3N3O4. The number of hydrogen-bond donors (Lipinski definition) is 1. The van der Waals surface area contributed by atoms with Crippen LogP contribution in [-0.2, 0) is 17.9 Å². The first kappa shape index (κ1) is 25.3. The first-order chi connectivity index (χ1) is 18.0. The summed E-state index contributed by atoms with van der Waals surface area (Å²) in [7, 11) is 0. The van der Waals surface area contributed by atoms with E-state index in [-0.39, 0.29) is 24.4 Å². The third kappa shape index (κ3) is 4.82. The number of rotatable bonds is 6. The van der Waals surface area contributed by atoms with E-state index in [1.807, 2.05) is 0 Å². The predicted octanol–water partition coefficient (Wildman–Crippen LogP) is 6.01. The predicted molar refractivity (Wildman–Crippen MR) is 137 cm³/mol. The molecule has 38 heavy (non-hydrogen) atoms. The number of hydrogen-bond acceptors (Lipinski definition) is 4. The van der Waals surface area contributed by atoms with Crippen molar-refractivity contribution < 1.29 is 27.8 Å². The number of aliphatic carboxylic acids is 1. The number of halogens is 4. The lowest BCUT2D eigenvalue weighted by Gasteiger charge is -2.13. The van der Waals surface area contributed by atoms with E-state index in [0.717, 1.165) is 0 Å². The normalized spacial score (nSPS) is 11.8. The molecule has 0 atom stereocenters. The van der Waals surface area contributed by atoms with Gasteiger partial charge in [0.2, 0.25) is 0 Å². The van der Waals surface area contributed by atoms with Gasteiger partial charge in [0, 0.05) is 32.6 Å². The average molecular weight is 542 g/mol. The highest BCUT2D eigenvalue weighted by Gasteiger charge is 2.31. The molecule has 2 heterocycles. The lowest BCUT2D eigenvalue weighted by Crippen LogP contribution is -2.24. The van der Waals surface area contributed by atoms with Gasteiger partial charge in [-0.25, -0.2) is 4.68 Å².